The third-order valence-corrected chi connectivity index (χ3v) is 4.71. The second kappa shape index (κ2) is 6.67. The standard InChI is InChI=1S/C22H24N2O/c1-14(2)19-9-7-18(8-10-19)13-21-17(5)23-24(22(21)25)20-11-6-15(3)16(4)12-20/h6-14H,1-5H3/b21-13-. The Morgan fingerprint density at radius 1 is 0.960 bits per heavy atom. The molecule has 0 radical (unpaired) electrons. The zero-order valence-electron chi connectivity index (χ0n) is 15.5. The van der Waals surface area contributed by atoms with Gasteiger partial charge in [-0.3, -0.25) is 4.79 Å². The number of nitrogens with zero attached hydrogens (tertiary/aromatic N) is 2. The van der Waals surface area contributed by atoms with E-state index in [1.807, 2.05) is 38.1 Å². The summed E-state index contributed by atoms with van der Waals surface area (Å²) in [6.45, 7) is 10.3. The quantitative estimate of drug-likeness (QED) is 0.708. The van der Waals surface area contributed by atoms with Gasteiger partial charge in [-0.25, -0.2) is 0 Å². The van der Waals surface area contributed by atoms with Crippen LogP contribution < -0.4 is 5.01 Å². The summed E-state index contributed by atoms with van der Waals surface area (Å²) in [6, 6.07) is 14.3. The van der Waals surface area contributed by atoms with Gasteiger partial charge < -0.3 is 0 Å². The summed E-state index contributed by atoms with van der Waals surface area (Å²) in [5, 5.41) is 5.96. The van der Waals surface area contributed by atoms with Crippen molar-refractivity contribution in [2.45, 2.75) is 40.5 Å². The second-order valence-corrected chi connectivity index (χ2v) is 6.95. The smallest absolute Gasteiger partial charge is 0.267 e. The van der Waals surface area contributed by atoms with Crippen LogP contribution in [0.3, 0.4) is 0 Å². The van der Waals surface area contributed by atoms with Gasteiger partial charge in [-0.1, -0.05) is 44.2 Å². The molecule has 0 aromatic heterocycles. The minimum Gasteiger partial charge on any atom is -0.267 e. The van der Waals surface area contributed by atoms with Crippen molar-refractivity contribution in [2.24, 2.45) is 5.10 Å². The molecule has 25 heavy (non-hydrogen) atoms. The summed E-state index contributed by atoms with van der Waals surface area (Å²) in [5.74, 6) is 0.423. The van der Waals surface area contributed by atoms with E-state index in [1.54, 1.807) is 0 Å². The van der Waals surface area contributed by atoms with E-state index in [4.69, 9.17) is 0 Å². The van der Waals surface area contributed by atoms with Gasteiger partial charge in [-0.05, 0) is 67.2 Å². The lowest BCUT2D eigenvalue weighted by Crippen LogP contribution is -2.21. The van der Waals surface area contributed by atoms with Crippen LogP contribution in [-0.4, -0.2) is 11.6 Å². The van der Waals surface area contributed by atoms with Gasteiger partial charge in [-0.15, -0.1) is 0 Å². The summed E-state index contributed by atoms with van der Waals surface area (Å²) >= 11 is 0. The Balaban J connectivity index is 1.90. The highest BCUT2D eigenvalue weighted by molar-refractivity contribution is 6.32. The Morgan fingerprint density at radius 2 is 1.64 bits per heavy atom. The molecule has 0 fully saturated rings. The fourth-order valence-corrected chi connectivity index (χ4v) is 2.86. The van der Waals surface area contributed by atoms with Crippen molar-refractivity contribution in [2.75, 3.05) is 5.01 Å². The summed E-state index contributed by atoms with van der Waals surface area (Å²) in [5.41, 5.74) is 6.88. The van der Waals surface area contributed by atoms with E-state index in [0.717, 1.165) is 22.5 Å². The molecular weight excluding hydrogens is 308 g/mol. The van der Waals surface area contributed by atoms with Gasteiger partial charge in [0.1, 0.15) is 0 Å². The lowest BCUT2D eigenvalue weighted by molar-refractivity contribution is -0.114. The Bertz CT molecular complexity index is 873. The number of hydrogen-bond donors (Lipinski definition) is 0. The van der Waals surface area contributed by atoms with E-state index in [0.29, 0.717) is 11.5 Å². The van der Waals surface area contributed by atoms with E-state index >= 15 is 0 Å². The number of carbonyl (C=O) groups is 1. The first-order valence-electron chi connectivity index (χ1n) is 8.66. The summed E-state index contributed by atoms with van der Waals surface area (Å²) < 4.78 is 0. The summed E-state index contributed by atoms with van der Waals surface area (Å²) in [7, 11) is 0. The number of hydrazone groups is 1. The number of amides is 1. The molecule has 0 spiro atoms. The van der Waals surface area contributed by atoms with Gasteiger partial charge >= 0.3 is 0 Å². The first kappa shape index (κ1) is 17.2. The lowest BCUT2D eigenvalue weighted by Gasteiger charge is -2.13. The van der Waals surface area contributed by atoms with E-state index in [2.05, 4.69) is 50.1 Å². The van der Waals surface area contributed by atoms with Gasteiger partial charge in [0, 0.05) is 0 Å². The maximum Gasteiger partial charge on any atom is 0.280 e. The Labute approximate surface area is 149 Å². The predicted molar refractivity (Wildman–Crippen MR) is 105 cm³/mol. The van der Waals surface area contributed by atoms with E-state index in [9.17, 15) is 4.79 Å². The molecule has 3 nitrogen and oxygen atoms in total. The number of aryl methyl sites for hydroxylation is 2. The fraction of sp³-hybridized carbons (Fsp3) is 0.273. The number of benzene rings is 2. The van der Waals surface area contributed by atoms with Gasteiger partial charge in [0.15, 0.2) is 0 Å². The molecular formula is C22H24N2O. The monoisotopic (exact) mass is 332 g/mol. The summed E-state index contributed by atoms with van der Waals surface area (Å²) in [6.07, 6.45) is 1.92. The van der Waals surface area contributed by atoms with Crippen LogP contribution >= 0.6 is 0 Å². The molecule has 1 amide bonds. The van der Waals surface area contributed by atoms with Crippen LogP contribution in [0.4, 0.5) is 5.69 Å². The van der Waals surface area contributed by atoms with Crippen molar-refractivity contribution in [3.05, 3.63) is 70.3 Å². The van der Waals surface area contributed by atoms with Gasteiger partial charge in [0.05, 0.1) is 17.0 Å². The van der Waals surface area contributed by atoms with Crippen LogP contribution in [-0.2, 0) is 4.79 Å². The SMILES string of the molecule is CC1=NN(c2ccc(C)c(C)c2)C(=O)/C1=C\c1ccc(C(C)C)cc1. The second-order valence-electron chi connectivity index (χ2n) is 6.95. The number of hydrogen-bond acceptors (Lipinski definition) is 2. The van der Waals surface area contributed by atoms with Crippen LogP contribution in [0.25, 0.3) is 6.08 Å². The average Bonchev–Trinajstić information content (AvgIpc) is 2.86. The topological polar surface area (TPSA) is 32.7 Å². The van der Waals surface area contributed by atoms with Crippen molar-refractivity contribution in [1.29, 1.82) is 0 Å². The molecule has 1 aliphatic rings. The van der Waals surface area contributed by atoms with E-state index < -0.39 is 0 Å². The molecule has 1 aliphatic heterocycles. The van der Waals surface area contributed by atoms with Crippen LogP contribution in [0, 0.1) is 13.8 Å². The lowest BCUT2D eigenvalue weighted by atomic mass is 10.0. The van der Waals surface area contributed by atoms with Gasteiger partial charge in [0.25, 0.3) is 5.91 Å². The number of rotatable bonds is 3. The minimum absolute atomic E-state index is 0.0753. The largest absolute Gasteiger partial charge is 0.280 e. The highest BCUT2D eigenvalue weighted by atomic mass is 16.2. The van der Waals surface area contributed by atoms with Crippen molar-refractivity contribution >= 4 is 23.4 Å². The molecule has 2 aromatic carbocycles. The van der Waals surface area contributed by atoms with Crippen LogP contribution in [0.15, 0.2) is 53.1 Å². The van der Waals surface area contributed by atoms with Gasteiger partial charge in [0.2, 0.25) is 0 Å². The molecule has 0 aliphatic carbocycles. The molecule has 0 unspecified atom stereocenters. The first-order valence-corrected chi connectivity index (χ1v) is 8.66. The molecule has 0 saturated heterocycles. The molecule has 3 rings (SSSR count). The van der Waals surface area contributed by atoms with E-state index in [1.165, 1.54) is 16.1 Å². The fourth-order valence-electron chi connectivity index (χ4n) is 2.86. The van der Waals surface area contributed by atoms with Crippen molar-refractivity contribution < 1.29 is 4.79 Å². The third-order valence-electron chi connectivity index (χ3n) is 4.71. The van der Waals surface area contributed by atoms with Crippen molar-refractivity contribution in [1.82, 2.24) is 0 Å². The third kappa shape index (κ3) is 3.41. The minimum atomic E-state index is -0.0753. The van der Waals surface area contributed by atoms with E-state index in [-0.39, 0.29) is 5.91 Å². The Kier molecular flexibility index (Phi) is 4.58. The Hall–Kier alpha value is -2.68. The zero-order chi connectivity index (χ0) is 18.1. The van der Waals surface area contributed by atoms with Crippen LogP contribution in [0.1, 0.15) is 48.9 Å². The van der Waals surface area contributed by atoms with Crippen LogP contribution in [0.5, 0.6) is 0 Å². The summed E-state index contributed by atoms with van der Waals surface area (Å²) in [4.78, 5) is 12.8. The highest BCUT2D eigenvalue weighted by Crippen LogP contribution is 2.27. The van der Waals surface area contributed by atoms with Crippen molar-refractivity contribution in [3.63, 3.8) is 0 Å². The van der Waals surface area contributed by atoms with Crippen LogP contribution in [0.2, 0.25) is 0 Å². The Morgan fingerprint density at radius 3 is 2.24 bits per heavy atom. The molecule has 2 aromatic rings. The van der Waals surface area contributed by atoms with Gasteiger partial charge in [-0.2, -0.15) is 10.1 Å². The zero-order valence-corrected chi connectivity index (χ0v) is 15.5. The molecule has 0 N–H and O–H groups in total. The molecule has 1 heterocycles. The normalized spacial score (nSPS) is 16.1. The number of carbonyl (C=O) groups excluding carboxylic acids is 1. The highest BCUT2D eigenvalue weighted by Gasteiger charge is 2.28. The number of anilines is 1. The molecule has 0 saturated carbocycles. The first-order chi connectivity index (χ1) is 11.9. The molecule has 3 heteroatoms. The maximum atomic E-state index is 12.8. The van der Waals surface area contributed by atoms with Crippen molar-refractivity contribution in [3.8, 4) is 0 Å². The molecule has 128 valence electrons. The maximum absolute atomic E-state index is 12.8. The average molecular weight is 332 g/mol. The predicted octanol–water partition coefficient (Wildman–Crippen LogP) is 5.23. The molecule has 0 atom stereocenters. The molecule has 0 bridgehead atoms.